The van der Waals surface area contributed by atoms with Gasteiger partial charge in [0.1, 0.15) is 6.04 Å². The predicted octanol–water partition coefficient (Wildman–Crippen LogP) is 3.29. The van der Waals surface area contributed by atoms with Gasteiger partial charge in [-0.15, -0.1) is 0 Å². The number of nitro benzene ring substituents is 1. The number of pyridine rings is 1. The van der Waals surface area contributed by atoms with E-state index >= 15 is 0 Å². The van der Waals surface area contributed by atoms with Gasteiger partial charge >= 0.3 is 5.69 Å². The average molecular weight is 386 g/mol. The molecule has 0 spiro atoms. The fourth-order valence-corrected chi connectivity index (χ4v) is 4.65. The maximum Gasteiger partial charge on any atom is 0.315 e. The van der Waals surface area contributed by atoms with Crippen LogP contribution in [-0.2, 0) is 0 Å². The Labute approximate surface area is 160 Å². The highest BCUT2D eigenvalue weighted by molar-refractivity contribution is 8.14. The Morgan fingerprint density at radius 2 is 2.22 bits per heavy atom. The number of nitro groups is 1. The Morgan fingerprint density at radius 3 is 2.89 bits per heavy atom. The van der Waals surface area contributed by atoms with E-state index in [9.17, 15) is 15.2 Å². The number of ether oxygens (including phenoxy) is 1. The third-order valence-electron chi connectivity index (χ3n) is 4.72. The lowest BCUT2D eigenvalue weighted by Gasteiger charge is -2.27. The summed E-state index contributed by atoms with van der Waals surface area (Å²) >= 11 is 1.69. The molecule has 0 aliphatic carbocycles. The number of benzene rings is 1. The van der Waals surface area contributed by atoms with Gasteiger partial charge in [0, 0.05) is 24.1 Å². The molecule has 0 unspecified atom stereocenters. The lowest BCUT2D eigenvalue weighted by molar-refractivity contribution is -0.386. The molecule has 0 radical (unpaired) electrons. The minimum Gasteiger partial charge on any atom is -0.500 e. The van der Waals surface area contributed by atoms with Crippen LogP contribution in [-0.4, -0.2) is 44.0 Å². The van der Waals surface area contributed by atoms with Crippen LogP contribution in [0.3, 0.4) is 0 Å². The SMILES string of the molecule is COc1cc([C@H]2[C@@H](c3ccccn3)N=C3S[C@@H](C)CN32)cc([N+](=O)[O-])c1O. The summed E-state index contributed by atoms with van der Waals surface area (Å²) in [6, 6.07) is 8.17. The second-order valence-corrected chi connectivity index (χ2v) is 7.89. The van der Waals surface area contributed by atoms with Crippen LogP contribution in [0.15, 0.2) is 41.5 Å². The van der Waals surface area contributed by atoms with Gasteiger partial charge in [0.05, 0.1) is 23.8 Å². The molecular weight excluding hydrogens is 368 g/mol. The summed E-state index contributed by atoms with van der Waals surface area (Å²) in [6.45, 7) is 2.91. The molecule has 3 heterocycles. The van der Waals surface area contributed by atoms with Crippen LogP contribution in [0.5, 0.6) is 11.5 Å². The number of rotatable bonds is 4. The molecule has 2 aliphatic rings. The molecule has 3 atom stereocenters. The number of nitrogens with zero attached hydrogens (tertiary/aromatic N) is 4. The molecule has 0 saturated carbocycles. The third kappa shape index (κ3) is 2.97. The van der Waals surface area contributed by atoms with Gasteiger partial charge in [-0.1, -0.05) is 24.8 Å². The number of aromatic hydroxyl groups is 1. The first-order valence-corrected chi connectivity index (χ1v) is 9.35. The lowest BCUT2D eigenvalue weighted by Crippen LogP contribution is -2.28. The van der Waals surface area contributed by atoms with Crippen LogP contribution in [0.25, 0.3) is 0 Å². The first-order valence-electron chi connectivity index (χ1n) is 8.47. The summed E-state index contributed by atoms with van der Waals surface area (Å²) in [7, 11) is 1.38. The molecule has 1 aromatic heterocycles. The van der Waals surface area contributed by atoms with E-state index in [0.29, 0.717) is 10.8 Å². The van der Waals surface area contributed by atoms with Crippen LogP contribution in [0.1, 0.15) is 30.3 Å². The molecule has 1 aromatic carbocycles. The zero-order chi connectivity index (χ0) is 19.1. The van der Waals surface area contributed by atoms with Gasteiger partial charge in [-0.05, 0) is 23.8 Å². The molecule has 1 N–H and O–H groups in total. The summed E-state index contributed by atoms with van der Waals surface area (Å²) in [5.41, 5.74) is 1.09. The van der Waals surface area contributed by atoms with Crippen LogP contribution in [0.4, 0.5) is 5.69 Å². The smallest absolute Gasteiger partial charge is 0.315 e. The largest absolute Gasteiger partial charge is 0.500 e. The second-order valence-electron chi connectivity index (χ2n) is 6.48. The topological polar surface area (TPSA) is 101 Å². The van der Waals surface area contributed by atoms with Gasteiger partial charge in [-0.25, -0.2) is 0 Å². The molecule has 1 saturated heterocycles. The number of amidine groups is 1. The van der Waals surface area contributed by atoms with Gasteiger partial charge in [-0.3, -0.25) is 20.1 Å². The van der Waals surface area contributed by atoms with Crippen molar-refractivity contribution in [2.45, 2.75) is 24.3 Å². The molecule has 9 heteroatoms. The normalized spacial score (nSPS) is 23.9. The van der Waals surface area contributed by atoms with Crippen LogP contribution in [0, 0.1) is 10.1 Å². The molecule has 4 rings (SSSR count). The number of fused-ring (bicyclic) bond motifs is 1. The first-order chi connectivity index (χ1) is 13.0. The van der Waals surface area contributed by atoms with Gasteiger partial charge < -0.3 is 14.7 Å². The van der Waals surface area contributed by atoms with E-state index in [-0.39, 0.29) is 23.5 Å². The Balaban J connectivity index is 1.85. The number of methoxy groups -OCH3 is 1. The van der Waals surface area contributed by atoms with E-state index in [4.69, 9.17) is 9.73 Å². The second kappa shape index (κ2) is 6.73. The monoisotopic (exact) mass is 386 g/mol. The van der Waals surface area contributed by atoms with E-state index in [1.54, 1.807) is 24.0 Å². The molecule has 140 valence electrons. The van der Waals surface area contributed by atoms with Gasteiger partial charge in [0.2, 0.25) is 5.75 Å². The molecule has 2 aliphatic heterocycles. The highest BCUT2D eigenvalue weighted by Gasteiger charge is 2.44. The number of phenolic OH excluding ortho intramolecular Hbond substituents is 1. The quantitative estimate of drug-likeness (QED) is 0.635. The molecule has 0 bridgehead atoms. The van der Waals surface area contributed by atoms with Crippen LogP contribution in [0.2, 0.25) is 0 Å². The van der Waals surface area contributed by atoms with Gasteiger partial charge in [0.15, 0.2) is 10.9 Å². The van der Waals surface area contributed by atoms with Crippen molar-refractivity contribution in [2.24, 2.45) is 4.99 Å². The Bertz CT molecular complexity index is 921. The van der Waals surface area contributed by atoms with Crippen LogP contribution < -0.4 is 4.74 Å². The van der Waals surface area contributed by atoms with Crippen molar-refractivity contribution in [1.29, 1.82) is 0 Å². The summed E-state index contributed by atoms with van der Waals surface area (Å²) in [4.78, 5) is 22.3. The molecule has 1 fully saturated rings. The number of phenols is 1. The maximum absolute atomic E-state index is 11.4. The van der Waals surface area contributed by atoms with Gasteiger partial charge in [-0.2, -0.15) is 0 Å². The number of hydrogen-bond donors (Lipinski definition) is 1. The van der Waals surface area contributed by atoms with E-state index in [1.807, 2.05) is 18.2 Å². The van der Waals surface area contributed by atoms with Crippen molar-refractivity contribution in [2.75, 3.05) is 13.7 Å². The predicted molar refractivity (Wildman–Crippen MR) is 102 cm³/mol. The number of thioether (sulfide) groups is 1. The van der Waals surface area contributed by atoms with E-state index in [0.717, 1.165) is 17.4 Å². The zero-order valence-electron chi connectivity index (χ0n) is 14.8. The first kappa shape index (κ1) is 17.6. The molecular formula is C18H18N4O4S. The molecule has 8 nitrogen and oxygen atoms in total. The van der Waals surface area contributed by atoms with E-state index < -0.39 is 10.7 Å². The summed E-state index contributed by atoms with van der Waals surface area (Å²) in [5, 5.41) is 22.8. The zero-order valence-corrected chi connectivity index (χ0v) is 15.6. The highest BCUT2D eigenvalue weighted by atomic mass is 32.2. The fourth-order valence-electron chi connectivity index (χ4n) is 3.56. The van der Waals surface area contributed by atoms with Crippen molar-refractivity contribution in [3.8, 4) is 11.5 Å². The molecule has 0 amide bonds. The van der Waals surface area contributed by atoms with Crippen molar-refractivity contribution in [3.63, 3.8) is 0 Å². The lowest BCUT2D eigenvalue weighted by atomic mass is 9.95. The van der Waals surface area contributed by atoms with E-state index in [2.05, 4.69) is 16.8 Å². The Hall–Kier alpha value is -2.81. The summed E-state index contributed by atoms with van der Waals surface area (Å²) in [6.07, 6.45) is 1.71. The summed E-state index contributed by atoms with van der Waals surface area (Å²) in [5.74, 6) is -0.392. The molecule has 27 heavy (non-hydrogen) atoms. The molecule has 2 aromatic rings. The van der Waals surface area contributed by atoms with Gasteiger partial charge in [0.25, 0.3) is 0 Å². The van der Waals surface area contributed by atoms with Crippen LogP contribution >= 0.6 is 11.8 Å². The maximum atomic E-state index is 11.4. The number of aromatic nitrogens is 1. The van der Waals surface area contributed by atoms with Crippen molar-refractivity contribution < 1.29 is 14.8 Å². The summed E-state index contributed by atoms with van der Waals surface area (Å²) < 4.78 is 5.18. The third-order valence-corrected chi connectivity index (χ3v) is 5.82. The van der Waals surface area contributed by atoms with E-state index in [1.165, 1.54) is 13.2 Å². The van der Waals surface area contributed by atoms with Crippen molar-refractivity contribution >= 4 is 22.6 Å². The number of aliphatic imine (C=N–C) groups is 1. The average Bonchev–Trinajstić information content (AvgIpc) is 3.18. The fraction of sp³-hybridized carbons (Fsp3) is 0.333. The highest BCUT2D eigenvalue weighted by Crippen LogP contribution is 2.50. The standard InChI is InChI=1S/C18H18N4O4S/c1-10-9-21-16(11-7-13(22(24)25)17(23)14(8-11)26-2)15(20-18(21)27-10)12-5-3-4-6-19-12/h3-8,10,15-16,23H,9H2,1-2H3/t10-,15+,16-/m0/s1. The number of hydrogen-bond acceptors (Lipinski definition) is 8. The minimum absolute atomic E-state index is 0.0762. The van der Waals surface area contributed by atoms with Crippen molar-refractivity contribution in [1.82, 2.24) is 9.88 Å². The Morgan fingerprint density at radius 1 is 1.41 bits per heavy atom. The Kier molecular flexibility index (Phi) is 4.39. The van der Waals surface area contributed by atoms with Crippen molar-refractivity contribution in [3.05, 3.63) is 57.9 Å². The minimum atomic E-state index is -0.602.